The highest BCUT2D eigenvalue weighted by atomic mass is 19.1. The largest absolute Gasteiger partial charge is 0.476 e. The molecule has 2 aromatic heterocycles. The van der Waals surface area contributed by atoms with Crippen molar-refractivity contribution in [2.75, 3.05) is 0 Å². The molecule has 4 rings (SSSR count). The molecule has 0 aliphatic heterocycles. The predicted octanol–water partition coefficient (Wildman–Crippen LogP) is 3.21. The first-order valence-electron chi connectivity index (χ1n) is 8.39. The van der Waals surface area contributed by atoms with Gasteiger partial charge in [-0.25, -0.2) is 23.5 Å². The van der Waals surface area contributed by atoms with E-state index in [1.165, 1.54) is 41.4 Å². The third-order valence-corrected chi connectivity index (χ3v) is 3.85. The fourth-order valence-electron chi connectivity index (χ4n) is 2.39. The topological polar surface area (TPSA) is 93.2 Å². The molecule has 0 atom stereocenters. The minimum atomic E-state index is -1.09. The van der Waals surface area contributed by atoms with E-state index in [1.807, 2.05) is 0 Å². The normalized spacial score (nSPS) is 10.3. The van der Waals surface area contributed by atoms with E-state index in [0.717, 1.165) is 5.69 Å². The summed E-state index contributed by atoms with van der Waals surface area (Å²) < 4.78 is 28.5. The van der Waals surface area contributed by atoms with E-state index in [2.05, 4.69) is 9.97 Å². The molecule has 0 aliphatic rings. The summed E-state index contributed by atoms with van der Waals surface area (Å²) in [6.07, 6.45) is 6.03. The number of benzene rings is 2. The van der Waals surface area contributed by atoms with Crippen molar-refractivity contribution in [3.63, 3.8) is 0 Å². The molecule has 4 aromatic rings. The lowest BCUT2D eigenvalue weighted by Crippen LogP contribution is -1.95. The van der Waals surface area contributed by atoms with Crippen LogP contribution in [-0.2, 0) is 6.61 Å². The summed E-state index contributed by atoms with van der Waals surface area (Å²) in [6.45, 7) is -0.0891. The Morgan fingerprint density at radius 1 is 0.828 bits per heavy atom. The fraction of sp³-hybridized carbons (Fsp3) is 0.0500. The van der Waals surface area contributed by atoms with E-state index in [-0.39, 0.29) is 23.9 Å². The van der Waals surface area contributed by atoms with Gasteiger partial charge in [-0.15, -0.1) is 0 Å². The van der Waals surface area contributed by atoms with Crippen LogP contribution < -0.4 is 0 Å². The summed E-state index contributed by atoms with van der Waals surface area (Å²) in [4.78, 5) is 18.2. The monoisotopic (exact) mass is 398 g/mol. The molecule has 29 heavy (non-hydrogen) atoms. The lowest BCUT2D eigenvalue weighted by Gasteiger charge is -2.00. The van der Waals surface area contributed by atoms with Crippen LogP contribution in [0.3, 0.4) is 0 Å². The number of carboxylic acids is 1. The molecule has 0 unspecified atom stereocenters. The Labute approximate surface area is 164 Å². The smallest absolute Gasteiger partial charge is 0.356 e. The van der Waals surface area contributed by atoms with Crippen molar-refractivity contribution in [1.82, 2.24) is 19.1 Å². The third-order valence-electron chi connectivity index (χ3n) is 3.85. The molecule has 0 fully saturated rings. The molecule has 0 saturated heterocycles. The molecule has 2 heterocycles. The Hall–Kier alpha value is -3.85. The Kier molecular flexibility index (Phi) is 6.10. The van der Waals surface area contributed by atoms with Crippen molar-refractivity contribution in [3.05, 3.63) is 96.6 Å². The minimum Gasteiger partial charge on any atom is -0.476 e. The van der Waals surface area contributed by atoms with Gasteiger partial charge in [-0.2, -0.15) is 0 Å². The molecular weight excluding hydrogens is 382 g/mol. The number of aliphatic hydroxyl groups excluding tert-OH is 1. The van der Waals surface area contributed by atoms with Gasteiger partial charge in [-0.05, 0) is 48.5 Å². The van der Waals surface area contributed by atoms with Crippen molar-refractivity contribution in [3.8, 4) is 11.4 Å². The van der Waals surface area contributed by atoms with Crippen LogP contribution in [-0.4, -0.2) is 35.3 Å². The van der Waals surface area contributed by atoms with E-state index in [4.69, 9.17) is 10.2 Å². The number of imidazole rings is 2. The molecule has 9 heteroatoms. The van der Waals surface area contributed by atoms with Crippen molar-refractivity contribution in [2.24, 2.45) is 0 Å². The highest BCUT2D eigenvalue weighted by Crippen LogP contribution is 2.10. The zero-order chi connectivity index (χ0) is 20.8. The van der Waals surface area contributed by atoms with Gasteiger partial charge in [-0.1, -0.05) is 0 Å². The number of halogens is 2. The van der Waals surface area contributed by atoms with Gasteiger partial charge in [0.25, 0.3) is 0 Å². The highest BCUT2D eigenvalue weighted by Gasteiger charge is 2.07. The molecule has 0 radical (unpaired) electrons. The van der Waals surface area contributed by atoms with Crippen LogP contribution in [0.5, 0.6) is 0 Å². The number of aromatic carboxylic acids is 1. The Bertz CT molecular complexity index is 1090. The van der Waals surface area contributed by atoms with Gasteiger partial charge in [0.05, 0.1) is 18.6 Å². The Balaban J connectivity index is 0.000000166. The van der Waals surface area contributed by atoms with E-state index in [0.29, 0.717) is 11.4 Å². The zero-order valence-corrected chi connectivity index (χ0v) is 15.0. The average Bonchev–Trinajstić information content (AvgIpc) is 3.40. The summed E-state index contributed by atoms with van der Waals surface area (Å²) >= 11 is 0. The quantitative estimate of drug-likeness (QED) is 0.551. The number of hydrogen-bond donors (Lipinski definition) is 2. The zero-order valence-electron chi connectivity index (χ0n) is 15.0. The lowest BCUT2D eigenvalue weighted by molar-refractivity contribution is 0.0691. The van der Waals surface area contributed by atoms with Gasteiger partial charge in [0, 0.05) is 23.8 Å². The van der Waals surface area contributed by atoms with Gasteiger partial charge in [0.1, 0.15) is 18.0 Å². The maximum atomic E-state index is 12.6. The van der Waals surface area contributed by atoms with E-state index in [1.54, 1.807) is 41.4 Å². The van der Waals surface area contributed by atoms with E-state index < -0.39 is 5.97 Å². The second-order valence-corrected chi connectivity index (χ2v) is 5.85. The first kappa shape index (κ1) is 19.9. The Morgan fingerprint density at radius 3 is 1.72 bits per heavy atom. The molecule has 2 N–H and O–H groups in total. The first-order valence-corrected chi connectivity index (χ1v) is 8.39. The summed E-state index contributed by atoms with van der Waals surface area (Å²) in [6, 6.07) is 11.8. The van der Waals surface area contributed by atoms with Crippen LogP contribution >= 0.6 is 0 Å². The molecule has 0 amide bonds. The molecule has 0 aliphatic carbocycles. The molecule has 0 bridgehead atoms. The summed E-state index contributed by atoms with van der Waals surface area (Å²) in [5.41, 5.74) is 2.03. The second-order valence-electron chi connectivity index (χ2n) is 5.85. The second kappa shape index (κ2) is 8.89. The third kappa shape index (κ3) is 5.11. The lowest BCUT2D eigenvalue weighted by atomic mass is 10.3. The van der Waals surface area contributed by atoms with E-state index >= 15 is 0 Å². The van der Waals surface area contributed by atoms with Crippen molar-refractivity contribution < 1.29 is 23.8 Å². The summed E-state index contributed by atoms with van der Waals surface area (Å²) in [5, 5.41) is 17.5. The van der Waals surface area contributed by atoms with Gasteiger partial charge >= 0.3 is 5.97 Å². The van der Waals surface area contributed by atoms with Crippen molar-refractivity contribution in [2.45, 2.75) is 6.61 Å². The number of carboxylic acid groups (broad SMARTS) is 1. The summed E-state index contributed by atoms with van der Waals surface area (Å²) in [5.74, 6) is -1.69. The number of aromatic nitrogens is 4. The van der Waals surface area contributed by atoms with Gasteiger partial charge < -0.3 is 19.3 Å². The van der Waals surface area contributed by atoms with Crippen LogP contribution in [0.15, 0.2) is 73.6 Å². The summed E-state index contributed by atoms with van der Waals surface area (Å²) in [7, 11) is 0. The minimum absolute atomic E-state index is 0.0423. The van der Waals surface area contributed by atoms with Crippen LogP contribution in [0.2, 0.25) is 0 Å². The fourth-order valence-corrected chi connectivity index (χ4v) is 2.39. The van der Waals surface area contributed by atoms with Crippen LogP contribution in [0, 0.1) is 11.6 Å². The van der Waals surface area contributed by atoms with Gasteiger partial charge in [0.15, 0.2) is 5.69 Å². The number of aliphatic hydroxyl groups is 1. The highest BCUT2D eigenvalue weighted by molar-refractivity contribution is 5.85. The first-order chi connectivity index (χ1) is 14.0. The van der Waals surface area contributed by atoms with Crippen LogP contribution in [0.4, 0.5) is 8.78 Å². The van der Waals surface area contributed by atoms with Crippen LogP contribution in [0.25, 0.3) is 11.4 Å². The molecule has 0 spiro atoms. The maximum absolute atomic E-state index is 12.6. The molecule has 148 valence electrons. The average molecular weight is 398 g/mol. The predicted molar refractivity (Wildman–Crippen MR) is 99.9 cm³/mol. The van der Waals surface area contributed by atoms with E-state index in [9.17, 15) is 13.6 Å². The molecule has 0 saturated carbocycles. The number of rotatable bonds is 4. The van der Waals surface area contributed by atoms with Crippen molar-refractivity contribution >= 4 is 5.97 Å². The van der Waals surface area contributed by atoms with Crippen LogP contribution in [0.1, 0.15) is 16.2 Å². The van der Waals surface area contributed by atoms with Gasteiger partial charge in [-0.3, -0.25) is 0 Å². The number of nitrogens with zero attached hydrogens (tertiary/aromatic N) is 4. The van der Waals surface area contributed by atoms with Gasteiger partial charge in [0.2, 0.25) is 0 Å². The molecule has 2 aromatic carbocycles. The number of hydrogen-bond acceptors (Lipinski definition) is 4. The molecule has 7 nitrogen and oxygen atoms in total. The molecular formula is C20H16F2N4O3. The van der Waals surface area contributed by atoms with Crippen molar-refractivity contribution in [1.29, 1.82) is 0 Å². The standard InChI is InChI=1S/C10H7FN2O2.C10H9FN2O/c11-7-1-3-8(4-2-7)13-5-9(10(14)15)12-6-13;11-8-1-3-10(4-2-8)13-5-9(6-14)12-7-13/h1-6H,(H,14,15);1-5,7,14H,6H2. The Morgan fingerprint density at radius 2 is 1.31 bits per heavy atom. The maximum Gasteiger partial charge on any atom is 0.356 e. The SMILES string of the molecule is O=C(O)c1cn(-c2ccc(F)cc2)cn1.OCc1cn(-c2ccc(F)cc2)cn1. The number of carbonyl (C=O) groups is 1.